The van der Waals surface area contributed by atoms with Crippen molar-refractivity contribution in [3.63, 3.8) is 0 Å². The number of nitrogens with one attached hydrogen (secondary N) is 1. The molecule has 0 spiro atoms. The highest BCUT2D eigenvalue weighted by atomic mass is 16.6. The van der Waals surface area contributed by atoms with E-state index in [0.717, 1.165) is 26.2 Å². The summed E-state index contributed by atoms with van der Waals surface area (Å²) in [6.07, 6.45) is 0. The maximum absolute atomic E-state index is 10.7. The van der Waals surface area contributed by atoms with Crippen LogP contribution in [0.2, 0.25) is 0 Å². The van der Waals surface area contributed by atoms with Gasteiger partial charge >= 0.3 is 5.69 Å². The minimum Gasteiger partial charge on any atom is -0.304 e. The van der Waals surface area contributed by atoms with Gasteiger partial charge in [0, 0.05) is 32.2 Å². The summed E-state index contributed by atoms with van der Waals surface area (Å²) in [4.78, 5) is 16.3. The Kier molecular flexibility index (Phi) is 3.89. The van der Waals surface area contributed by atoms with Crippen LogP contribution in [0, 0.1) is 21.4 Å². The number of hydrazine groups is 1. The molecule has 0 bridgehead atoms. The third kappa shape index (κ3) is 3.15. The van der Waals surface area contributed by atoms with E-state index in [9.17, 15) is 10.1 Å². The highest BCUT2D eigenvalue weighted by Crippen LogP contribution is 2.18. The quantitative estimate of drug-likeness (QED) is 0.623. The highest BCUT2D eigenvalue weighted by Gasteiger charge is 2.18. The summed E-state index contributed by atoms with van der Waals surface area (Å²) < 4.78 is 0. The number of hydrogen-bond donors (Lipinski definition) is 1. The van der Waals surface area contributed by atoms with Gasteiger partial charge in [-0.05, 0) is 13.1 Å². The Bertz CT molecular complexity index is 518. The van der Waals surface area contributed by atoms with Crippen LogP contribution in [0.25, 0.3) is 0 Å². The molecule has 1 aliphatic rings. The smallest absolute Gasteiger partial charge is 0.304 e. The zero-order valence-corrected chi connectivity index (χ0v) is 10.5. The van der Waals surface area contributed by atoms with Gasteiger partial charge in [0.05, 0.1) is 4.92 Å². The van der Waals surface area contributed by atoms with Gasteiger partial charge in [-0.25, -0.2) is 9.99 Å². The van der Waals surface area contributed by atoms with Crippen LogP contribution in [0.15, 0.2) is 12.1 Å². The largest absolute Gasteiger partial charge is 0.305 e. The van der Waals surface area contributed by atoms with Crippen molar-refractivity contribution in [2.75, 3.05) is 38.7 Å². The fraction of sp³-hybridized carbons (Fsp3) is 0.455. The fourth-order valence-corrected chi connectivity index (χ4v) is 1.82. The van der Waals surface area contributed by atoms with Gasteiger partial charge in [0.1, 0.15) is 11.9 Å². The SMILES string of the molecule is CN1CCN(Nc2ccc([N+](=O)[O-])c(C#N)n2)CC1. The van der Waals surface area contributed by atoms with Crippen molar-refractivity contribution in [1.82, 2.24) is 14.9 Å². The second kappa shape index (κ2) is 5.60. The molecule has 1 aromatic heterocycles. The van der Waals surface area contributed by atoms with Crippen LogP contribution >= 0.6 is 0 Å². The predicted molar refractivity (Wildman–Crippen MR) is 68.3 cm³/mol. The van der Waals surface area contributed by atoms with E-state index in [0.29, 0.717) is 5.82 Å². The standard InChI is InChI=1S/C11H14N6O2/c1-15-4-6-16(7-5-15)14-11-3-2-10(17(18)19)9(8-12)13-11/h2-3H,4-7H2,1H3,(H,13,14). The van der Waals surface area contributed by atoms with Gasteiger partial charge in [0.2, 0.25) is 5.69 Å². The van der Waals surface area contributed by atoms with Crippen molar-refractivity contribution < 1.29 is 4.92 Å². The molecule has 1 aromatic rings. The monoisotopic (exact) mass is 262 g/mol. The van der Waals surface area contributed by atoms with Crippen LogP contribution in [0.4, 0.5) is 11.5 Å². The summed E-state index contributed by atoms with van der Waals surface area (Å²) in [6, 6.07) is 4.55. The molecule has 1 saturated heterocycles. The topological polar surface area (TPSA) is 98.3 Å². The summed E-state index contributed by atoms with van der Waals surface area (Å²) >= 11 is 0. The summed E-state index contributed by atoms with van der Waals surface area (Å²) in [5.74, 6) is 0.451. The molecule has 2 rings (SSSR count). The summed E-state index contributed by atoms with van der Waals surface area (Å²) in [5.41, 5.74) is 2.62. The van der Waals surface area contributed by atoms with E-state index in [1.54, 1.807) is 6.07 Å². The van der Waals surface area contributed by atoms with E-state index < -0.39 is 4.92 Å². The molecule has 0 radical (unpaired) electrons. The molecule has 1 aliphatic heterocycles. The molecule has 0 saturated carbocycles. The van der Waals surface area contributed by atoms with Gasteiger partial charge < -0.3 is 10.3 Å². The lowest BCUT2D eigenvalue weighted by molar-refractivity contribution is -0.385. The van der Waals surface area contributed by atoms with E-state index in [-0.39, 0.29) is 11.4 Å². The predicted octanol–water partition coefficient (Wildman–Crippen LogP) is 0.436. The van der Waals surface area contributed by atoms with E-state index in [1.807, 2.05) is 5.01 Å². The molecule has 1 N–H and O–H groups in total. The maximum Gasteiger partial charge on any atom is 0.305 e. The zero-order valence-electron chi connectivity index (χ0n) is 10.5. The number of piperazine rings is 1. The van der Waals surface area contributed by atoms with Crippen molar-refractivity contribution in [3.05, 3.63) is 27.9 Å². The first-order valence-electron chi connectivity index (χ1n) is 5.86. The van der Waals surface area contributed by atoms with Crippen LogP contribution in [-0.4, -0.2) is 53.0 Å². The second-order valence-electron chi connectivity index (χ2n) is 4.34. The minimum atomic E-state index is -0.606. The van der Waals surface area contributed by atoms with Crippen molar-refractivity contribution >= 4 is 11.5 Å². The molecule has 19 heavy (non-hydrogen) atoms. The summed E-state index contributed by atoms with van der Waals surface area (Å²) in [7, 11) is 2.05. The lowest BCUT2D eigenvalue weighted by atomic mass is 10.3. The number of hydrogen-bond acceptors (Lipinski definition) is 7. The van der Waals surface area contributed by atoms with Gasteiger partial charge in [-0.1, -0.05) is 0 Å². The number of anilines is 1. The second-order valence-corrected chi connectivity index (χ2v) is 4.34. The van der Waals surface area contributed by atoms with E-state index in [1.165, 1.54) is 12.1 Å². The first kappa shape index (κ1) is 13.2. The van der Waals surface area contributed by atoms with Crippen molar-refractivity contribution in [2.45, 2.75) is 0 Å². The Balaban J connectivity index is 2.09. The van der Waals surface area contributed by atoms with Crippen LogP contribution in [0.5, 0.6) is 0 Å². The Morgan fingerprint density at radius 2 is 2.11 bits per heavy atom. The number of pyridine rings is 1. The average molecular weight is 262 g/mol. The molecule has 0 aromatic carbocycles. The minimum absolute atomic E-state index is 0.177. The number of rotatable bonds is 3. The van der Waals surface area contributed by atoms with Crippen molar-refractivity contribution in [1.29, 1.82) is 5.26 Å². The van der Waals surface area contributed by atoms with Gasteiger partial charge in [-0.15, -0.1) is 0 Å². The molecule has 8 heteroatoms. The molecule has 1 fully saturated rings. The first-order chi connectivity index (χ1) is 9.10. The molecule has 0 unspecified atom stereocenters. The average Bonchev–Trinajstić information content (AvgIpc) is 2.41. The van der Waals surface area contributed by atoms with Gasteiger partial charge in [-0.3, -0.25) is 10.1 Å². The molecular formula is C11H14N6O2. The van der Waals surface area contributed by atoms with Gasteiger partial charge in [-0.2, -0.15) is 5.26 Å². The molecule has 0 atom stereocenters. The Morgan fingerprint density at radius 3 is 2.68 bits per heavy atom. The highest BCUT2D eigenvalue weighted by molar-refractivity contribution is 5.50. The fourth-order valence-electron chi connectivity index (χ4n) is 1.82. The molecule has 8 nitrogen and oxygen atoms in total. The van der Waals surface area contributed by atoms with Crippen LogP contribution in [-0.2, 0) is 0 Å². The van der Waals surface area contributed by atoms with Crippen LogP contribution in [0.3, 0.4) is 0 Å². The van der Waals surface area contributed by atoms with Gasteiger partial charge in [0.15, 0.2) is 0 Å². The van der Waals surface area contributed by atoms with Crippen LogP contribution in [0.1, 0.15) is 5.69 Å². The molecular weight excluding hydrogens is 248 g/mol. The van der Waals surface area contributed by atoms with Crippen molar-refractivity contribution in [3.8, 4) is 6.07 Å². The van der Waals surface area contributed by atoms with Gasteiger partial charge in [0.25, 0.3) is 0 Å². The number of nitriles is 1. The number of aromatic nitrogens is 1. The molecule has 0 aliphatic carbocycles. The Morgan fingerprint density at radius 1 is 1.42 bits per heavy atom. The third-order valence-electron chi connectivity index (χ3n) is 2.95. The van der Waals surface area contributed by atoms with E-state index >= 15 is 0 Å². The number of nitro groups is 1. The van der Waals surface area contributed by atoms with Crippen LogP contribution < -0.4 is 5.43 Å². The van der Waals surface area contributed by atoms with E-state index in [2.05, 4.69) is 22.4 Å². The lowest BCUT2D eigenvalue weighted by Crippen LogP contribution is -2.47. The lowest BCUT2D eigenvalue weighted by Gasteiger charge is -2.32. The third-order valence-corrected chi connectivity index (χ3v) is 2.95. The molecule has 2 heterocycles. The summed E-state index contributed by atoms with van der Waals surface area (Å²) in [5, 5.41) is 21.5. The normalized spacial score (nSPS) is 16.8. The Labute approximate surface area is 110 Å². The van der Waals surface area contributed by atoms with E-state index in [4.69, 9.17) is 5.26 Å². The number of nitrogens with zero attached hydrogens (tertiary/aromatic N) is 5. The zero-order chi connectivity index (χ0) is 13.8. The summed E-state index contributed by atoms with van der Waals surface area (Å²) in [6.45, 7) is 3.53. The van der Waals surface area contributed by atoms with Crippen molar-refractivity contribution in [2.24, 2.45) is 0 Å². The number of likely N-dealkylation sites (N-methyl/N-ethyl adjacent to an activating group) is 1. The molecule has 0 amide bonds. The molecule has 100 valence electrons. The Hall–Kier alpha value is -2.24. The first-order valence-corrected chi connectivity index (χ1v) is 5.86. The maximum atomic E-state index is 10.7.